The number of nitrogens with zero attached hydrogens (tertiary/aromatic N) is 3. The first kappa shape index (κ1) is 34.8. The lowest BCUT2D eigenvalue weighted by atomic mass is 9.70. The fraction of sp³-hybridized carbons (Fsp3) is 0.694. The summed E-state index contributed by atoms with van der Waals surface area (Å²) in [5.74, 6) is 0.587. The Balaban J connectivity index is 1.39. The second-order valence-corrected chi connectivity index (χ2v) is 21.7. The average Bonchev–Trinajstić information content (AvgIpc) is 3.53. The van der Waals surface area contributed by atoms with E-state index in [2.05, 4.69) is 68.1 Å². The summed E-state index contributed by atoms with van der Waals surface area (Å²) in [6.45, 7) is 13.5. The zero-order valence-electron chi connectivity index (χ0n) is 29.0. The number of hydrogen-bond acceptors (Lipinski definition) is 7. The number of carbonyl (C=O) groups excluding carboxylic acids is 1. The lowest BCUT2D eigenvalue weighted by Crippen LogP contribution is -2.50. The van der Waals surface area contributed by atoms with Gasteiger partial charge in [0.1, 0.15) is 12.8 Å². The Morgan fingerprint density at radius 1 is 1.15 bits per heavy atom. The second kappa shape index (κ2) is 13.9. The molecule has 10 heteroatoms. The zero-order valence-corrected chi connectivity index (χ0v) is 30.0. The highest BCUT2D eigenvalue weighted by Crippen LogP contribution is 2.54. The van der Waals surface area contributed by atoms with Gasteiger partial charge in [-0.2, -0.15) is 5.26 Å². The fourth-order valence-electron chi connectivity index (χ4n) is 7.78. The molecule has 9 nitrogen and oxygen atoms in total. The van der Waals surface area contributed by atoms with Gasteiger partial charge in [0.05, 0.1) is 24.4 Å². The number of rotatable bonds is 13. The summed E-state index contributed by atoms with van der Waals surface area (Å²) < 4.78 is 25.7. The number of methoxy groups -OCH3 is 2. The minimum atomic E-state index is -1.26. The van der Waals surface area contributed by atoms with Gasteiger partial charge in [0.2, 0.25) is 5.82 Å². The standard InChI is InChI=1S/C36H54N4O5Si/c1-34(2)12-10-26(11-13-34)30-18-27(28-19-35(23-42-3)14-15-36(20-28,45-35)24-43-4)8-9-31(30)39-33(41)32-38-29(21-37)22-40(32)25-44-16-17-46(5,6)7/h8-10,22,27-28H,11-20,23-25H2,1-7H3,(H,39,41)/t27?,28?,35-,36+. The summed E-state index contributed by atoms with van der Waals surface area (Å²) in [7, 11) is 2.26. The molecule has 1 amide bonds. The van der Waals surface area contributed by atoms with E-state index in [1.165, 1.54) is 11.1 Å². The number of nitrogens with one attached hydrogen (secondary N) is 1. The van der Waals surface area contributed by atoms with Gasteiger partial charge in [-0.1, -0.05) is 45.6 Å². The molecule has 5 rings (SSSR count). The predicted molar refractivity (Wildman–Crippen MR) is 181 cm³/mol. The van der Waals surface area contributed by atoms with E-state index in [-0.39, 0.29) is 40.8 Å². The number of carbonyl (C=O) groups is 1. The Morgan fingerprint density at radius 2 is 1.85 bits per heavy atom. The van der Waals surface area contributed by atoms with Crippen LogP contribution in [0, 0.1) is 28.6 Å². The number of hydrogen-bond donors (Lipinski definition) is 1. The monoisotopic (exact) mass is 650 g/mol. The molecule has 2 fully saturated rings. The van der Waals surface area contributed by atoms with Gasteiger partial charge in [-0.15, -0.1) is 0 Å². The third kappa shape index (κ3) is 8.11. The second-order valence-electron chi connectivity index (χ2n) is 16.1. The number of ether oxygens (including phenoxy) is 4. The maximum absolute atomic E-state index is 13.8. The fourth-order valence-corrected chi connectivity index (χ4v) is 8.54. The first-order chi connectivity index (χ1) is 21.8. The Hall–Kier alpha value is -2.55. The van der Waals surface area contributed by atoms with Crippen LogP contribution in [0.4, 0.5) is 0 Å². The summed E-state index contributed by atoms with van der Waals surface area (Å²) >= 11 is 0. The molecule has 2 unspecified atom stereocenters. The van der Waals surface area contributed by atoms with E-state index >= 15 is 0 Å². The molecular formula is C36H54N4O5Si. The third-order valence-corrected chi connectivity index (χ3v) is 12.1. The van der Waals surface area contributed by atoms with E-state index in [1.807, 2.05) is 0 Å². The van der Waals surface area contributed by atoms with Crippen LogP contribution in [0.5, 0.6) is 0 Å². The summed E-state index contributed by atoms with van der Waals surface area (Å²) in [6.07, 6.45) is 16.2. The van der Waals surface area contributed by atoms with Crippen molar-refractivity contribution in [2.24, 2.45) is 17.3 Å². The molecule has 0 aromatic carbocycles. The topological polar surface area (TPSA) is 108 Å². The van der Waals surface area contributed by atoms with Crippen LogP contribution in [0.1, 0.15) is 81.5 Å². The largest absolute Gasteiger partial charge is 0.382 e. The number of allylic oxidation sites excluding steroid dienone is 5. The van der Waals surface area contributed by atoms with Gasteiger partial charge in [0, 0.05) is 40.8 Å². The highest BCUT2D eigenvalue weighted by atomic mass is 28.3. The number of imidazole rings is 1. The summed E-state index contributed by atoms with van der Waals surface area (Å²) in [5.41, 5.74) is 3.29. The van der Waals surface area contributed by atoms with Crippen molar-refractivity contribution in [3.63, 3.8) is 0 Å². The van der Waals surface area contributed by atoms with Crippen molar-refractivity contribution in [3.05, 3.63) is 52.8 Å². The predicted octanol–water partition coefficient (Wildman–Crippen LogP) is 6.75. The van der Waals surface area contributed by atoms with Gasteiger partial charge in [0.25, 0.3) is 5.91 Å². The lowest BCUT2D eigenvalue weighted by molar-refractivity contribution is -0.196. The molecule has 4 atom stereocenters. The van der Waals surface area contributed by atoms with Crippen LogP contribution in [-0.2, 0) is 25.7 Å². The van der Waals surface area contributed by atoms with Gasteiger partial charge in [0.15, 0.2) is 5.69 Å². The van der Waals surface area contributed by atoms with Gasteiger partial charge >= 0.3 is 0 Å². The van der Waals surface area contributed by atoms with Crippen LogP contribution in [0.15, 0.2) is 41.3 Å². The molecule has 4 aliphatic rings. The van der Waals surface area contributed by atoms with Crippen molar-refractivity contribution in [2.75, 3.05) is 34.0 Å². The zero-order chi connectivity index (χ0) is 33.2. The molecule has 1 aromatic heterocycles. The van der Waals surface area contributed by atoms with Crippen molar-refractivity contribution >= 4 is 14.0 Å². The van der Waals surface area contributed by atoms with E-state index in [4.69, 9.17) is 18.9 Å². The van der Waals surface area contributed by atoms with Gasteiger partial charge in [-0.3, -0.25) is 4.79 Å². The Labute approximate surface area is 276 Å². The van der Waals surface area contributed by atoms with Crippen molar-refractivity contribution in [3.8, 4) is 6.07 Å². The van der Waals surface area contributed by atoms with Gasteiger partial charge < -0.3 is 28.8 Å². The number of aromatic nitrogens is 2. The van der Waals surface area contributed by atoms with E-state index in [0.29, 0.717) is 31.7 Å². The molecule has 2 aliphatic heterocycles. The smallest absolute Gasteiger partial charge is 0.291 e. The molecule has 1 aromatic rings. The molecular weight excluding hydrogens is 597 g/mol. The van der Waals surface area contributed by atoms with Crippen molar-refractivity contribution in [1.29, 1.82) is 5.26 Å². The van der Waals surface area contributed by atoms with Gasteiger partial charge in [-0.25, -0.2) is 4.98 Å². The molecule has 0 saturated carbocycles. The van der Waals surface area contributed by atoms with E-state index in [9.17, 15) is 10.1 Å². The van der Waals surface area contributed by atoms with Crippen LogP contribution < -0.4 is 5.32 Å². The third-order valence-electron chi connectivity index (χ3n) is 10.4. The Bertz CT molecular complexity index is 1390. The van der Waals surface area contributed by atoms with Gasteiger partial charge in [-0.05, 0) is 91.9 Å². The normalized spacial score (nSPS) is 29.0. The Morgan fingerprint density at radius 3 is 2.43 bits per heavy atom. The first-order valence-electron chi connectivity index (χ1n) is 16.9. The number of nitriles is 1. The molecule has 46 heavy (non-hydrogen) atoms. The minimum absolute atomic E-state index is 0.183. The number of fused-ring (bicyclic) bond motifs is 2. The van der Waals surface area contributed by atoms with Crippen LogP contribution in [0.2, 0.25) is 25.7 Å². The van der Waals surface area contributed by atoms with Crippen LogP contribution in [0.25, 0.3) is 0 Å². The van der Waals surface area contributed by atoms with Crippen molar-refractivity contribution in [1.82, 2.24) is 14.9 Å². The summed E-state index contributed by atoms with van der Waals surface area (Å²) in [4.78, 5) is 18.2. The molecule has 252 valence electrons. The molecule has 3 heterocycles. The maximum Gasteiger partial charge on any atom is 0.291 e. The maximum atomic E-state index is 13.8. The minimum Gasteiger partial charge on any atom is -0.382 e. The first-order valence-corrected chi connectivity index (χ1v) is 20.6. The van der Waals surface area contributed by atoms with Crippen LogP contribution in [-0.4, -0.2) is 68.8 Å². The van der Waals surface area contributed by atoms with E-state index in [0.717, 1.165) is 63.1 Å². The molecule has 2 bridgehead atoms. The van der Waals surface area contributed by atoms with Crippen LogP contribution in [0.3, 0.4) is 0 Å². The van der Waals surface area contributed by atoms with Crippen LogP contribution >= 0.6 is 0 Å². The summed E-state index contributed by atoms with van der Waals surface area (Å²) in [5, 5.41) is 12.8. The highest BCUT2D eigenvalue weighted by molar-refractivity contribution is 6.76. The van der Waals surface area contributed by atoms with E-state index in [1.54, 1.807) is 25.0 Å². The molecule has 0 radical (unpaired) electrons. The SMILES string of the molecule is COC[C@@]12CC[C@@](COC)(CC(C3C=CC(NC(=O)c4nc(C#N)cn4COCC[Si](C)(C)C)=C(C4=CCC(C)(C)CC4)C3)C1)O2. The van der Waals surface area contributed by atoms with Crippen molar-refractivity contribution < 1.29 is 23.7 Å². The summed E-state index contributed by atoms with van der Waals surface area (Å²) in [6, 6.07) is 3.11. The molecule has 2 aliphatic carbocycles. The molecule has 2 saturated heterocycles. The highest BCUT2D eigenvalue weighted by Gasteiger charge is 2.56. The average molecular weight is 651 g/mol. The van der Waals surface area contributed by atoms with Crippen molar-refractivity contribution in [2.45, 2.75) is 109 Å². The molecule has 1 N–H and O–H groups in total. The van der Waals surface area contributed by atoms with E-state index < -0.39 is 8.07 Å². The number of amides is 1. The Kier molecular flexibility index (Phi) is 10.5. The quantitative estimate of drug-likeness (QED) is 0.186. The lowest BCUT2D eigenvalue weighted by Gasteiger charge is -2.46. The molecule has 0 spiro atoms.